The van der Waals surface area contributed by atoms with Crippen molar-refractivity contribution in [2.24, 2.45) is 18.9 Å². The molecule has 2 aliphatic rings. The summed E-state index contributed by atoms with van der Waals surface area (Å²) < 4.78 is 1.87. The summed E-state index contributed by atoms with van der Waals surface area (Å²) in [6.45, 7) is 1.51. The van der Waals surface area contributed by atoms with Crippen LogP contribution in [0.2, 0.25) is 0 Å². The Bertz CT molecular complexity index is 534. The highest BCUT2D eigenvalue weighted by atomic mass is 16.3. The number of aromatic nitrogens is 2. The first-order valence-corrected chi connectivity index (χ1v) is 9.58. The van der Waals surface area contributed by atoms with Gasteiger partial charge < -0.3 is 14.6 Å². The Balaban J connectivity index is 1.56. The molecule has 2 atom stereocenters. The molecule has 0 aromatic carbocycles. The van der Waals surface area contributed by atoms with Crippen LogP contribution in [0.5, 0.6) is 0 Å². The van der Waals surface area contributed by atoms with Gasteiger partial charge in [0.1, 0.15) is 11.9 Å². The molecule has 2 fully saturated rings. The molecule has 1 saturated carbocycles. The number of hydrogen-bond acceptors (Lipinski definition) is 3. The normalized spacial score (nSPS) is 24.6. The number of carbonyl (C=O) groups is 1. The Labute approximate surface area is 145 Å². The van der Waals surface area contributed by atoms with Crippen LogP contribution in [0.4, 0.5) is 0 Å². The quantitative estimate of drug-likeness (QED) is 0.862. The minimum atomic E-state index is -0.585. The van der Waals surface area contributed by atoms with E-state index in [1.54, 1.807) is 6.20 Å². The molecule has 5 nitrogen and oxygen atoms in total. The Kier molecular flexibility index (Phi) is 5.93. The lowest BCUT2D eigenvalue weighted by Gasteiger charge is -2.35. The lowest BCUT2D eigenvalue weighted by atomic mass is 9.90. The number of carbonyl (C=O) groups excluding carboxylic acids is 1. The van der Waals surface area contributed by atoms with Crippen LogP contribution in [0.25, 0.3) is 0 Å². The molecular weight excluding hydrogens is 302 g/mol. The molecule has 2 heterocycles. The summed E-state index contributed by atoms with van der Waals surface area (Å²) in [5.74, 6) is 1.66. The standard InChI is InChI=1S/C19H31N3O2/c1-21-12-10-20-19(21)18(24)16-9-6-11-22(14-16)17(23)13-15-7-4-2-3-5-8-15/h10,12,15-16,18,24H,2-9,11,13-14H2,1H3. The van der Waals surface area contributed by atoms with Gasteiger partial charge in [0.2, 0.25) is 5.91 Å². The van der Waals surface area contributed by atoms with E-state index in [1.165, 1.54) is 38.5 Å². The molecule has 1 aromatic rings. The van der Waals surface area contributed by atoms with Crippen LogP contribution in [0.1, 0.15) is 69.7 Å². The van der Waals surface area contributed by atoms with Crippen LogP contribution < -0.4 is 0 Å². The Hall–Kier alpha value is -1.36. The van der Waals surface area contributed by atoms with E-state index in [0.29, 0.717) is 30.6 Å². The summed E-state index contributed by atoms with van der Waals surface area (Å²) >= 11 is 0. The largest absolute Gasteiger partial charge is 0.385 e. The fourth-order valence-corrected chi connectivity index (χ4v) is 4.31. The van der Waals surface area contributed by atoms with E-state index in [2.05, 4.69) is 4.98 Å². The molecule has 5 heteroatoms. The molecule has 1 aliphatic heterocycles. The van der Waals surface area contributed by atoms with Gasteiger partial charge in [-0.05, 0) is 31.6 Å². The van der Waals surface area contributed by atoms with Crippen LogP contribution in [0, 0.1) is 11.8 Å². The van der Waals surface area contributed by atoms with Crippen molar-refractivity contribution in [1.82, 2.24) is 14.5 Å². The van der Waals surface area contributed by atoms with Gasteiger partial charge in [-0.1, -0.05) is 25.7 Å². The lowest BCUT2D eigenvalue weighted by molar-refractivity contribution is -0.135. The van der Waals surface area contributed by atoms with Gasteiger partial charge >= 0.3 is 0 Å². The van der Waals surface area contributed by atoms with Crippen molar-refractivity contribution in [3.05, 3.63) is 18.2 Å². The van der Waals surface area contributed by atoms with Gasteiger partial charge in [-0.3, -0.25) is 4.79 Å². The van der Waals surface area contributed by atoms with Crippen molar-refractivity contribution >= 4 is 5.91 Å². The number of likely N-dealkylation sites (tertiary alicyclic amines) is 1. The number of rotatable bonds is 4. The summed E-state index contributed by atoms with van der Waals surface area (Å²) in [5.41, 5.74) is 0. The molecule has 24 heavy (non-hydrogen) atoms. The van der Waals surface area contributed by atoms with Crippen molar-refractivity contribution < 1.29 is 9.90 Å². The van der Waals surface area contributed by atoms with Crippen LogP contribution in [0.3, 0.4) is 0 Å². The molecule has 2 unspecified atom stereocenters. The van der Waals surface area contributed by atoms with Crippen LogP contribution in [-0.2, 0) is 11.8 Å². The Morgan fingerprint density at radius 3 is 2.67 bits per heavy atom. The van der Waals surface area contributed by atoms with Crippen LogP contribution in [0.15, 0.2) is 12.4 Å². The molecule has 0 spiro atoms. The van der Waals surface area contributed by atoms with Gasteiger partial charge in [-0.2, -0.15) is 0 Å². The van der Waals surface area contributed by atoms with Crippen molar-refractivity contribution in [3.8, 4) is 0 Å². The zero-order valence-corrected chi connectivity index (χ0v) is 14.9. The first-order valence-electron chi connectivity index (χ1n) is 9.58. The molecule has 1 aliphatic carbocycles. The molecule has 1 N–H and O–H groups in total. The van der Waals surface area contributed by atoms with E-state index >= 15 is 0 Å². The first-order chi connectivity index (χ1) is 11.6. The highest BCUT2D eigenvalue weighted by Gasteiger charge is 2.31. The van der Waals surface area contributed by atoms with Gasteiger partial charge in [-0.15, -0.1) is 0 Å². The van der Waals surface area contributed by atoms with Crippen LogP contribution in [-0.4, -0.2) is 38.6 Å². The van der Waals surface area contributed by atoms with E-state index in [4.69, 9.17) is 0 Å². The zero-order chi connectivity index (χ0) is 16.9. The maximum Gasteiger partial charge on any atom is 0.222 e. The summed E-state index contributed by atoms with van der Waals surface area (Å²) in [6, 6.07) is 0. The third kappa shape index (κ3) is 4.18. The molecule has 0 bridgehead atoms. The molecule has 0 radical (unpaired) electrons. The van der Waals surface area contributed by atoms with Crippen molar-refractivity contribution in [2.75, 3.05) is 13.1 Å². The van der Waals surface area contributed by atoms with E-state index in [1.807, 2.05) is 22.7 Å². The second-order valence-electron chi connectivity index (χ2n) is 7.64. The van der Waals surface area contributed by atoms with Gasteiger partial charge in [0.05, 0.1) is 0 Å². The summed E-state index contributed by atoms with van der Waals surface area (Å²) in [5, 5.41) is 10.7. The zero-order valence-electron chi connectivity index (χ0n) is 14.9. The molecule has 1 amide bonds. The number of amides is 1. The third-order valence-electron chi connectivity index (χ3n) is 5.82. The van der Waals surface area contributed by atoms with Gasteiger partial charge in [0, 0.05) is 44.9 Å². The maximum absolute atomic E-state index is 12.7. The SMILES string of the molecule is Cn1ccnc1C(O)C1CCCN(C(=O)CC2CCCCCC2)C1. The number of aliphatic hydroxyl groups is 1. The highest BCUT2D eigenvalue weighted by Crippen LogP contribution is 2.31. The molecule has 3 rings (SSSR count). The first kappa shape index (κ1) is 17.5. The van der Waals surface area contributed by atoms with E-state index in [0.717, 1.165) is 19.4 Å². The smallest absolute Gasteiger partial charge is 0.222 e. The number of hydrogen-bond donors (Lipinski definition) is 1. The van der Waals surface area contributed by atoms with E-state index in [-0.39, 0.29) is 5.92 Å². The predicted molar refractivity (Wildman–Crippen MR) is 93.3 cm³/mol. The number of nitrogens with zero attached hydrogens (tertiary/aromatic N) is 3. The summed E-state index contributed by atoms with van der Waals surface area (Å²) in [4.78, 5) is 19.0. The van der Waals surface area contributed by atoms with Crippen molar-refractivity contribution in [3.63, 3.8) is 0 Å². The number of piperidine rings is 1. The second-order valence-corrected chi connectivity index (χ2v) is 7.64. The highest BCUT2D eigenvalue weighted by molar-refractivity contribution is 5.76. The topological polar surface area (TPSA) is 58.4 Å². The van der Waals surface area contributed by atoms with Gasteiger partial charge in [0.15, 0.2) is 0 Å². The summed E-state index contributed by atoms with van der Waals surface area (Å²) in [7, 11) is 1.91. The molecule has 1 saturated heterocycles. The molecular formula is C19H31N3O2. The van der Waals surface area contributed by atoms with Gasteiger partial charge in [0.25, 0.3) is 0 Å². The number of aliphatic hydroxyl groups excluding tert-OH is 1. The summed E-state index contributed by atoms with van der Waals surface area (Å²) in [6.07, 6.45) is 13.2. The van der Waals surface area contributed by atoms with Crippen LogP contribution >= 0.6 is 0 Å². The fraction of sp³-hybridized carbons (Fsp3) is 0.789. The maximum atomic E-state index is 12.7. The minimum absolute atomic E-state index is 0.0953. The number of aryl methyl sites for hydroxylation is 1. The average molecular weight is 333 g/mol. The number of imidazole rings is 1. The van der Waals surface area contributed by atoms with Crippen molar-refractivity contribution in [1.29, 1.82) is 0 Å². The Morgan fingerprint density at radius 1 is 1.25 bits per heavy atom. The fourth-order valence-electron chi connectivity index (χ4n) is 4.31. The van der Waals surface area contributed by atoms with E-state index < -0.39 is 6.10 Å². The Morgan fingerprint density at radius 2 is 2.00 bits per heavy atom. The molecule has 134 valence electrons. The minimum Gasteiger partial charge on any atom is -0.385 e. The van der Waals surface area contributed by atoms with Crippen molar-refractivity contribution in [2.45, 2.75) is 63.9 Å². The third-order valence-corrected chi connectivity index (χ3v) is 5.82. The average Bonchev–Trinajstić information content (AvgIpc) is 2.86. The second kappa shape index (κ2) is 8.15. The monoisotopic (exact) mass is 333 g/mol. The van der Waals surface area contributed by atoms with E-state index in [9.17, 15) is 9.90 Å². The molecule has 1 aromatic heterocycles. The van der Waals surface area contributed by atoms with Gasteiger partial charge in [-0.25, -0.2) is 4.98 Å². The lowest BCUT2D eigenvalue weighted by Crippen LogP contribution is -2.42. The predicted octanol–water partition coefficient (Wildman–Crippen LogP) is 3.05.